The molecular formula is C30H36FNO3. The number of alkyl halides is 1. The highest BCUT2D eigenvalue weighted by Gasteiger charge is 2.28. The highest BCUT2D eigenvalue weighted by Crippen LogP contribution is 2.43. The quantitative estimate of drug-likeness (QED) is 0.523. The van der Waals surface area contributed by atoms with Crippen molar-refractivity contribution in [1.82, 2.24) is 4.90 Å². The monoisotopic (exact) mass is 477 g/mol. The first kappa shape index (κ1) is 24.1. The van der Waals surface area contributed by atoms with Crippen molar-refractivity contribution in [2.45, 2.75) is 63.9 Å². The number of phenols is 1. The lowest BCUT2D eigenvalue weighted by atomic mass is 9.77. The number of phenolic OH excluding ortho intramolecular Hbond substituents is 1. The van der Waals surface area contributed by atoms with Gasteiger partial charge in [-0.1, -0.05) is 23.8 Å². The van der Waals surface area contributed by atoms with Crippen LogP contribution in [0, 0.1) is 5.92 Å². The van der Waals surface area contributed by atoms with Gasteiger partial charge in [-0.25, -0.2) is 0 Å². The van der Waals surface area contributed by atoms with Crippen LogP contribution in [0.15, 0.2) is 48.0 Å². The van der Waals surface area contributed by atoms with Crippen molar-refractivity contribution in [3.63, 3.8) is 0 Å². The molecule has 1 heterocycles. The van der Waals surface area contributed by atoms with Gasteiger partial charge in [0.05, 0.1) is 6.67 Å². The molecule has 0 bridgehead atoms. The summed E-state index contributed by atoms with van der Waals surface area (Å²) < 4.78 is 18.8. The Kier molecular flexibility index (Phi) is 7.52. The number of fused-ring (bicyclic) bond motifs is 1. The average Bonchev–Trinajstić information content (AvgIpc) is 3.22. The molecule has 0 radical (unpaired) electrons. The van der Waals surface area contributed by atoms with Crippen molar-refractivity contribution in [2.24, 2.45) is 5.92 Å². The van der Waals surface area contributed by atoms with Crippen LogP contribution in [-0.2, 0) is 11.2 Å². The van der Waals surface area contributed by atoms with Gasteiger partial charge in [-0.2, -0.15) is 0 Å². The summed E-state index contributed by atoms with van der Waals surface area (Å²) in [7, 11) is 0. The van der Waals surface area contributed by atoms with E-state index in [-0.39, 0.29) is 12.8 Å². The summed E-state index contributed by atoms with van der Waals surface area (Å²) in [5, 5.41) is 10.1. The van der Waals surface area contributed by atoms with Crippen LogP contribution in [0.1, 0.15) is 68.1 Å². The van der Waals surface area contributed by atoms with Crippen LogP contribution in [0.5, 0.6) is 11.5 Å². The Morgan fingerprint density at radius 2 is 1.80 bits per heavy atom. The van der Waals surface area contributed by atoms with Crippen molar-refractivity contribution in [2.75, 3.05) is 26.3 Å². The molecule has 2 fully saturated rings. The molecule has 35 heavy (non-hydrogen) atoms. The van der Waals surface area contributed by atoms with Crippen molar-refractivity contribution >= 4 is 11.4 Å². The lowest BCUT2D eigenvalue weighted by Crippen LogP contribution is -2.26. The number of ether oxygens (including phenoxy) is 1. The molecule has 0 aromatic heterocycles. The van der Waals surface area contributed by atoms with Crippen LogP contribution in [-0.4, -0.2) is 48.2 Å². The number of hydrogen-bond donors (Lipinski definition) is 1. The van der Waals surface area contributed by atoms with Gasteiger partial charge in [0.1, 0.15) is 23.4 Å². The Morgan fingerprint density at radius 1 is 1.00 bits per heavy atom. The summed E-state index contributed by atoms with van der Waals surface area (Å²) in [6.07, 6.45) is 7.98. The maximum absolute atomic E-state index is 12.5. The Balaban J connectivity index is 1.41. The zero-order valence-corrected chi connectivity index (χ0v) is 20.5. The van der Waals surface area contributed by atoms with Gasteiger partial charge in [0.2, 0.25) is 0 Å². The molecule has 1 N–H and O–H groups in total. The SMILES string of the molecule is O=C1CCC(C2=C(c3ccc(OC4CCN(CCCF)C4)cc3)c3ccc(O)cc3CCC2)CC1. The minimum Gasteiger partial charge on any atom is -0.508 e. The molecule has 186 valence electrons. The third kappa shape index (κ3) is 5.61. The maximum atomic E-state index is 12.5. The zero-order valence-electron chi connectivity index (χ0n) is 20.5. The average molecular weight is 478 g/mol. The molecule has 2 aromatic carbocycles. The van der Waals surface area contributed by atoms with Crippen molar-refractivity contribution in [3.8, 4) is 11.5 Å². The van der Waals surface area contributed by atoms with Gasteiger partial charge in [0.15, 0.2) is 0 Å². The summed E-state index contributed by atoms with van der Waals surface area (Å²) in [5.74, 6) is 2.01. The van der Waals surface area contributed by atoms with Gasteiger partial charge in [-0.15, -0.1) is 0 Å². The number of carbonyl (C=O) groups is 1. The molecule has 4 nitrogen and oxygen atoms in total. The topological polar surface area (TPSA) is 49.8 Å². The second kappa shape index (κ2) is 10.9. The van der Waals surface area contributed by atoms with Crippen LogP contribution in [0.25, 0.3) is 5.57 Å². The van der Waals surface area contributed by atoms with E-state index in [1.54, 1.807) is 6.07 Å². The molecule has 1 saturated heterocycles. The van der Waals surface area contributed by atoms with Crippen LogP contribution in [0.3, 0.4) is 0 Å². The minimum atomic E-state index is -0.263. The first-order chi connectivity index (χ1) is 17.1. The fourth-order valence-corrected chi connectivity index (χ4v) is 6.11. The maximum Gasteiger partial charge on any atom is 0.132 e. The number of likely N-dealkylation sites (tertiary alicyclic amines) is 1. The highest BCUT2D eigenvalue weighted by molar-refractivity contribution is 5.85. The lowest BCUT2D eigenvalue weighted by molar-refractivity contribution is -0.120. The zero-order chi connectivity index (χ0) is 24.2. The number of aromatic hydroxyl groups is 1. The van der Waals surface area contributed by atoms with E-state index >= 15 is 0 Å². The molecule has 0 spiro atoms. The number of rotatable bonds is 7. The number of halogens is 1. The number of nitrogens with zero attached hydrogens (tertiary/aromatic N) is 1. The van der Waals surface area contributed by atoms with Gasteiger partial charge in [0, 0.05) is 32.5 Å². The van der Waals surface area contributed by atoms with Crippen LogP contribution in [0.2, 0.25) is 0 Å². The van der Waals surface area contributed by atoms with E-state index in [4.69, 9.17) is 4.74 Å². The second-order valence-electron chi connectivity index (χ2n) is 10.3. The highest BCUT2D eigenvalue weighted by atomic mass is 19.1. The van der Waals surface area contributed by atoms with E-state index < -0.39 is 0 Å². The van der Waals surface area contributed by atoms with Gasteiger partial charge in [-0.3, -0.25) is 14.1 Å². The molecule has 2 aliphatic carbocycles. The summed E-state index contributed by atoms with van der Waals surface area (Å²) in [6, 6.07) is 14.2. The van der Waals surface area contributed by atoms with E-state index in [0.29, 0.717) is 36.7 Å². The van der Waals surface area contributed by atoms with Gasteiger partial charge < -0.3 is 9.84 Å². The summed E-state index contributed by atoms with van der Waals surface area (Å²) in [5.41, 5.74) is 6.33. The van der Waals surface area contributed by atoms with Gasteiger partial charge in [0.25, 0.3) is 0 Å². The lowest BCUT2D eigenvalue weighted by Gasteiger charge is -2.27. The van der Waals surface area contributed by atoms with E-state index in [9.17, 15) is 14.3 Å². The van der Waals surface area contributed by atoms with Gasteiger partial charge in [-0.05, 0) is 97.4 Å². The Morgan fingerprint density at radius 3 is 2.57 bits per heavy atom. The fraction of sp³-hybridized carbons (Fsp3) is 0.500. The summed E-state index contributed by atoms with van der Waals surface area (Å²) in [4.78, 5) is 14.2. The molecule has 1 aliphatic heterocycles. The largest absolute Gasteiger partial charge is 0.508 e. The van der Waals surface area contributed by atoms with E-state index in [0.717, 1.165) is 63.9 Å². The normalized spacial score (nSPS) is 21.7. The number of benzene rings is 2. The van der Waals surface area contributed by atoms with Crippen molar-refractivity contribution < 1.29 is 19.0 Å². The predicted molar refractivity (Wildman–Crippen MR) is 137 cm³/mol. The molecule has 3 aliphatic rings. The Labute approximate surface area is 207 Å². The van der Waals surface area contributed by atoms with Gasteiger partial charge >= 0.3 is 0 Å². The summed E-state index contributed by atoms with van der Waals surface area (Å²) in [6.45, 7) is 2.36. The predicted octanol–water partition coefficient (Wildman–Crippen LogP) is 6.10. The van der Waals surface area contributed by atoms with E-state index in [1.807, 2.05) is 6.07 Å². The van der Waals surface area contributed by atoms with E-state index in [1.165, 1.54) is 27.8 Å². The molecule has 0 amide bonds. The fourth-order valence-electron chi connectivity index (χ4n) is 6.11. The van der Waals surface area contributed by atoms with Crippen molar-refractivity contribution in [1.29, 1.82) is 0 Å². The molecule has 5 heteroatoms. The van der Waals surface area contributed by atoms with Crippen LogP contribution < -0.4 is 4.74 Å². The Hall–Kier alpha value is -2.66. The standard InChI is InChI=1S/C30H36FNO3/c31-16-2-17-32-18-15-27(20-32)35-26-12-7-22(8-13-26)30-28(21-5-9-24(33)10-6-21)4-1-3-23-19-25(34)11-14-29(23)30/h7-8,11-14,19,21,27,34H,1-6,9-10,15-18,20H2. The van der Waals surface area contributed by atoms with E-state index in [2.05, 4.69) is 35.2 Å². The number of hydrogen-bond acceptors (Lipinski definition) is 4. The van der Waals surface area contributed by atoms with Crippen LogP contribution in [0.4, 0.5) is 4.39 Å². The number of aryl methyl sites for hydroxylation is 1. The molecular weight excluding hydrogens is 441 g/mol. The molecule has 1 atom stereocenters. The third-order valence-corrected chi connectivity index (χ3v) is 7.89. The number of ketones is 1. The first-order valence-corrected chi connectivity index (χ1v) is 13.2. The summed E-state index contributed by atoms with van der Waals surface area (Å²) >= 11 is 0. The molecule has 1 unspecified atom stereocenters. The number of allylic oxidation sites excluding steroid dienone is 1. The molecule has 5 rings (SSSR count). The molecule has 1 saturated carbocycles. The number of Topliss-reactive ketones (excluding diaryl/α,β-unsaturated/α-hetero) is 1. The van der Waals surface area contributed by atoms with Crippen molar-refractivity contribution in [3.05, 3.63) is 64.7 Å². The number of carbonyl (C=O) groups excluding carboxylic acids is 1. The third-order valence-electron chi connectivity index (χ3n) is 7.89. The first-order valence-electron chi connectivity index (χ1n) is 13.2. The Bertz CT molecular complexity index is 1070. The smallest absolute Gasteiger partial charge is 0.132 e. The van der Waals surface area contributed by atoms with Crippen LogP contribution >= 0.6 is 0 Å². The minimum absolute atomic E-state index is 0.150. The second-order valence-corrected chi connectivity index (χ2v) is 10.3. The molecule has 2 aromatic rings.